The standard InChI is InChI=1S/C12H14N4O/c13-9-5-3-4-8(9)12-15-11(16-17-12)10-6-1-2-7-14-10/h1-2,6-9H,3-5,13H2/t8-,9+/m1/s1. The Morgan fingerprint density at radius 1 is 1.29 bits per heavy atom. The highest BCUT2D eigenvalue weighted by Gasteiger charge is 2.30. The maximum Gasteiger partial charge on any atom is 0.231 e. The van der Waals surface area contributed by atoms with Crippen molar-refractivity contribution in [2.75, 3.05) is 0 Å². The highest BCUT2D eigenvalue weighted by atomic mass is 16.5. The highest BCUT2D eigenvalue weighted by Crippen LogP contribution is 2.32. The molecule has 2 atom stereocenters. The van der Waals surface area contributed by atoms with Crippen LogP contribution in [-0.2, 0) is 0 Å². The Morgan fingerprint density at radius 3 is 2.94 bits per heavy atom. The fraction of sp³-hybridized carbons (Fsp3) is 0.417. The van der Waals surface area contributed by atoms with E-state index in [9.17, 15) is 0 Å². The third kappa shape index (κ3) is 1.93. The highest BCUT2D eigenvalue weighted by molar-refractivity contribution is 5.47. The van der Waals surface area contributed by atoms with Gasteiger partial charge in [-0.15, -0.1) is 0 Å². The lowest BCUT2D eigenvalue weighted by atomic mass is 10.1. The quantitative estimate of drug-likeness (QED) is 0.850. The molecule has 0 saturated heterocycles. The van der Waals surface area contributed by atoms with Crippen LogP contribution >= 0.6 is 0 Å². The smallest absolute Gasteiger partial charge is 0.231 e. The molecule has 5 heteroatoms. The summed E-state index contributed by atoms with van der Waals surface area (Å²) in [5, 5.41) is 3.96. The molecule has 0 spiro atoms. The third-order valence-electron chi connectivity index (χ3n) is 3.22. The molecule has 0 aliphatic heterocycles. The van der Waals surface area contributed by atoms with Gasteiger partial charge >= 0.3 is 0 Å². The first-order valence-corrected chi connectivity index (χ1v) is 5.85. The Labute approximate surface area is 99.1 Å². The first kappa shape index (κ1) is 10.4. The number of hydrogen-bond acceptors (Lipinski definition) is 5. The molecule has 0 aromatic carbocycles. The summed E-state index contributed by atoms with van der Waals surface area (Å²) in [6.45, 7) is 0. The monoisotopic (exact) mass is 230 g/mol. The Balaban J connectivity index is 1.88. The van der Waals surface area contributed by atoms with Crippen molar-refractivity contribution in [3.8, 4) is 11.5 Å². The Kier molecular flexibility index (Phi) is 2.60. The van der Waals surface area contributed by atoms with E-state index in [4.69, 9.17) is 10.3 Å². The molecule has 0 bridgehead atoms. The lowest BCUT2D eigenvalue weighted by molar-refractivity contribution is 0.345. The third-order valence-corrected chi connectivity index (χ3v) is 3.22. The van der Waals surface area contributed by atoms with E-state index in [1.807, 2.05) is 18.2 Å². The van der Waals surface area contributed by atoms with E-state index < -0.39 is 0 Å². The van der Waals surface area contributed by atoms with E-state index in [2.05, 4.69) is 15.1 Å². The fourth-order valence-electron chi connectivity index (χ4n) is 2.28. The molecule has 1 aliphatic rings. The maximum absolute atomic E-state index is 6.02. The normalized spacial score (nSPS) is 24.1. The zero-order valence-corrected chi connectivity index (χ0v) is 9.41. The van der Waals surface area contributed by atoms with Crippen molar-refractivity contribution >= 4 is 0 Å². The number of nitrogens with zero attached hydrogens (tertiary/aromatic N) is 3. The van der Waals surface area contributed by atoms with Crippen molar-refractivity contribution in [1.29, 1.82) is 0 Å². The van der Waals surface area contributed by atoms with Crippen molar-refractivity contribution in [3.63, 3.8) is 0 Å². The van der Waals surface area contributed by atoms with Gasteiger partial charge in [-0.1, -0.05) is 17.6 Å². The van der Waals surface area contributed by atoms with Crippen molar-refractivity contribution < 1.29 is 4.52 Å². The number of pyridine rings is 1. The summed E-state index contributed by atoms with van der Waals surface area (Å²) in [6.07, 6.45) is 4.91. The van der Waals surface area contributed by atoms with Gasteiger partial charge in [0.25, 0.3) is 0 Å². The summed E-state index contributed by atoms with van der Waals surface area (Å²) in [7, 11) is 0. The molecule has 1 saturated carbocycles. The fourth-order valence-corrected chi connectivity index (χ4v) is 2.28. The molecule has 2 N–H and O–H groups in total. The van der Waals surface area contributed by atoms with E-state index in [0.717, 1.165) is 25.0 Å². The zero-order valence-electron chi connectivity index (χ0n) is 9.41. The minimum absolute atomic E-state index is 0.145. The summed E-state index contributed by atoms with van der Waals surface area (Å²) in [5.74, 6) is 1.40. The molecule has 0 amide bonds. The molecule has 2 heterocycles. The average molecular weight is 230 g/mol. The van der Waals surface area contributed by atoms with Gasteiger partial charge in [-0.2, -0.15) is 4.98 Å². The molecular formula is C12H14N4O. The van der Waals surface area contributed by atoms with Gasteiger partial charge in [0.1, 0.15) is 5.69 Å². The molecule has 1 aliphatic carbocycles. The summed E-state index contributed by atoms with van der Waals surface area (Å²) in [6, 6.07) is 5.77. The minimum atomic E-state index is 0.145. The van der Waals surface area contributed by atoms with Crippen LogP contribution in [0, 0.1) is 0 Å². The minimum Gasteiger partial charge on any atom is -0.339 e. The van der Waals surface area contributed by atoms with Crippen LogP contribution in [0.2, 0.25) is 0 Å². The predicted octanol–water partition coefficient (Wildman–Crippen LogP) is 1.73. The van der Waals surface area contributed by atoms with Crippen molar-refractivity contribution in [1.82, 2.24) is 15.1 Å². The van der Waals surface area contributed by atoms with E-state index in [1.165, 1.54) is 0 Å². The van der Waals surface area contributed by atoms with Crippen LogP contribution in [0.1, 0.15) is 31.1 Å². The van der Waals surface area contributed by atoms with Crippen LogP contribution in [0.25, 0.3) is 11.5 Å². The number of aromatic nitrogens is 3. The number of nitrogens with two attached hydrogens (primary N) is 1. The van der Waals surface area contributed by atoms with E-state index >= 15 is 0 Å². The predicted molar refractivity (Wildman–Crippen MR) is 62.1 cm³/mol. The van der Waals surface area contributed by atoms with Crippen LogP contribution in [0.3, 0.4) is 0 Å². The largest absolute Gasteiger partial charge is 0.339 e. The molecule has 1 fully saturated rings. The van der Waals surface area contributed by atoms with Crippen LogP contribution in [0.4, 0.5) is 0 Å². The first-order chi connectivity index (χ1) is 8.34. The van der Waals surface area contributed by atoms with E-state index in [1.54, 1.807) is 6.20 Å². The molecule has 0 unspecified atom stereocenters. The van der Waals surface area contributed by atoms with Gasteiger partial charge in [-0.05, 0) is 25.0 Å². The number of rotatable bonds is 2. The molecule has 3 rings (SSSR count). The molecular weight excluding hydrogens is 216 g/mol. The summed E-state index contributed by atoms with van der Waals surface area (Å²) < 4.78 is 5.29. The van der Waals surface area contributed by atoms with Crippen LogP contribution < -0.4 is 5.73 Å². The zero-order chi connectivity index (χ0) is 11.7. The summed E-state index contributed by atoms with van der Waals surface area (Å²) in [4.78, 5) is 8.58. The lowest BCUT2D eigenvalue weighted by Gasteiger charge is -2.08. The molecule has 5 nitrogen and oxygen atoms in total. The van der Waals surface area contributed by atoms with Crippen molar-refractivity contribution in [2.24, 2.45) is 5.73 Å². The molecule has 88 valence electrons. The van der Waals surface area contributed by atoms with Gasteiger partial charge < -0.3 is 10.3 Å². The Morgan fingerprint density at radius 2 is 2.24 bits per heavy atom. The topological polar surface area (TPSA) is 77.8 Å². The maximum atomic E-state index is 6.02. The summed E-state index contributed by atoms with van der Waals surface area (Å²) in [5.41, 5.74) is 6.75. The summed E-state index contributed by atoms with van der Waals surface area (Å²) >= 11 is 0. The van der Waals surface area contributed by atoms with Crippen molar-refractivity contribution in [2.45, 2.75) is 31.2 Å². The number of hydrogen-bond donors (Lipinski definition) is 1. The van der Waals surface area contributed by atoms with Gasteiger partial charge in [0.05, 0.1) is 5.92 Å². The average Bonchev–Trinajstić information content (AvgIpc) is 2.98. The van der Waals surface area contributed by atoms with E-state index in [-0.39, 0.29) is 12.0 Å². The van der Waals surface area contributed by atoms with Crippen molar-refractivity contribution in [3.05, 3.63) is 30.3 Å². The molecule has 2 aromatic heterocycles. The van der Waals surface area contributed by atoms with Crippen LogP contribution in [0.15, 0.2) is 28.9 Å². The SMILES string of the molecule is N[C@H]1CCC[C@H]1c1nc(-c2ccccn2)no1. The second kappa shape index (κ2) is 4.25. The van der Waals surface area contributed by atoms with Gasteiger partial charge in [0.2, 0.25) is 11.7 Å². The Hall–Kier alpha value is -1.75. The van der Waals surface area contributed by atoms with Crippen LogP contribution in [0.5, 0.6) is 0 Å². The second-order valence-corrected chi connectivity index (χ2v) is 4.37. The lowest BCUT2D eigenvalue weighted by Crippen LogP contribution is -2.22. The van der Waals surface area contributed by atoms with Gasteiger partial charge in [-0.25, -0.2) is 0 Å². The van der Waals surface area contributed by atoms with Crippen LogP contribution in [-0.4, -0.2) is 21.2 Å². The molecule has 17 heavy (non-hydrogen) atoms. The first-order valence-electron chi connectivity index (χ1n) is 5.85. The van der Waals surface area contributed by atoms with Gasteiger partial charge in [0, 0.05) is 12.2 Å². The molecule has 2 aromatic rings. The van der Waals surface area contributed by atoms with Gasteiger partial charge in [-0.3, -0.25) is 4.98 Å². The van der Waals surface area contributed by atoms with E-state index in [0.29, 0.717) is 11.7 Å². The Bertz CT molecular complexity index is 496. The van der Waals surface area contributed by atoms with Gasteiger partial charge in [0.15, 0.2) is 0 Å². The molecule has 0 radical (unpaired) electrons. The second-order valence-electron chi connectivity index (χ2n) is 4.37.